The van der Waals surface area contributed by atoms with E-state index in [1.807, 2.05) is 0 Å². The van der Waals surface area contributed by atoms with Gasteiger partial charge < -0.3 is 9.47 Å². The molecular formula is C24H34O2. The van der Waals surface area contributed by atoms with Crippen molar-refractivity contribution < 1.29 is 9.47 Å². The van der Waals surface area contributed by atoms with E-state index in [4.69, 9.17) is 9.47 Å². The monoisotopic (exact) mass is 354 g/mol. The van der Waals surface area contributed by atoms with Gasteiger partial charge in [-0.3, -0.25) is 0 Å². The second-order valence-corrected chi connectivity index (χ2v) is 7.20. The normalized spacial score (nSPS) is 13.5. The van der Waals surface area contributed by atoms with E-state index in [9.17, 15) is 0 Å². The minimum Gasteiger partial charge on any atom is -0.374 e. The highest BCUT2D eigenvalue weighted by Crippen LogP contribution is 2.15. The summed E-state index contributed by atoms with van der Waals surface area (Å²) in [4.78, 5) is 0. The zero-order chi connectivity index (χ0) is 18.8. The van der Waals surface area contributed by atoms with Crippen LogP contribution in [-0.4, -0.2) is 12.2 Å². The van der Waals surface area contributed by atoms with E-state index in [-0.39, 0.29) is 6.10 Å². The fourth-order valence-electron chi connectivity index (χ4n) is 2.92. The van der Waals surface area contributed by atoms with Crippen LogP contribution in [0.25, 0.3) is 0 Å². The third kappa shape index (κ3) is 7.31. The molecule has 0 aromatic heterocycles. The minimum absolute atomic E-state index is 0.248. The van der Waals surface area contributed by atoms with E-state index in [1.54, 1.807) is 0 Å². The van der Waals surface area contributed by atoms with Crippen LogP contribution in [0.1, 0.15) is 62.3 Å². The lowest BCUT2D eigenvalue weighted by molar-refractivity contribution is 0.00465. The molecule has 2 unspecified atom stereocenters. The lowest BCUT2D eigenvalue weighted by atomic mass is 10.1. The summed E-state index contributed by atoms with van der Waals surface area (Å²) in [5, 5.41) is 0. The first-order chi connectivity index (χ1) is 12.6. The Morgan fingerprint density at radius 3 is 1.85 bits per heavy atom. The summed E-state index contributed by atoms with van der Waals surface area (Å²) in [5.41, 5.74) is 5.15. The highest BCUT2D eigenvalue weighted by atomic mass is 16.5. The molecule has 0 N–H and O–H groups in total. The number of benzene rings is 2. The second kappa shape index (κ2) is 11.2. The summed E-state index contributed by atoms with van der Waals surface area (Å²) in [6.45, 7) is 10.0. The van der Waals surface area contributed by atoms with Crippen molar-refractivity contribution in [2.45, 2.75) is 78.8 Å². The SMILES string of the molecule is CCc1ccc(COC(CC)CCC(C)OCc2ccc(C)cc2)cc1. The van der Waals surface area contributed by atoms with E-state index in [2.05, 4.69) is 76.2 Å². The highest BCUT2D eigenvalue weighted by molar-refractivity contribution is 5.22. The van der Waals surface area contributed by atoms with Crippen LogP contribution in [-0.2, 0) is 29.1 Å². The predicted octanol–water partition coefficient (Wildman–Crippen LogP) is 6.24. The maximum absolute atomic E-state index is 6.12. The molecule has 2 heteroatoms. The first-order valence-corrected chi connectivity index (χ1v) is 9.97. The number of aryl methyl sites for hydroxylation is 2. The van der Waals surface area contributed by atoms with E-state index in [0.29, 0.717) is 19.3 Å². The topological polar surface area (TPSA) is 18.5 Å². The molecule has 0 saturated carbocycles. The summed E-state index contributed by atoms with van der Waals surface area (Å²) in [5.74, 6) is 0. The molecule has 142 valence electrons. The molecule has 0 aliphatic rings. The maximum Gasteiger partial charge on any atom is 0.0720 e. The quantitative estimate of drug-likeness (QED) is 0.475. The molecule has 0 aliphatic heterocycles. The van der Waals surface area contributed by atoms with Gasteiger partial charge in [0.2, 0.25) is 0 Å². The van der Waals surface area contributed by atoms with Gasteiger partial charge in [0.1, 0.15) is 0 Å². The molecule has 0 heterocycles. The molecule has 0 amide bonds. The molecule has 0 fully saturated rings. The van der Waals surface area contributed by atoms with Crippen LogP contribution < -0.4 is 0 Å². The first kappa shape index (κ1) is 20.7. The smallest absolute Gasteiger partial charge is 0.0720 e. The van der Waals surface area contributed by atoms with Crippen LogP contribution in [0.15, 0.2) is 48.5 Å². The Morgan fingerprint density at radius 1 is 0.731 bits per heavy atom. The molecule has 2 aromatic rings. The van der Waals surface area contributed by atoms with Gasteiger partial charge in [-0.05, 0) is 56.2 Å². The average molecular weight is 355 g/mol. The number of hydrogen-bond donors (Lipinski definition) is 0. The molecule has 0 bridgehead atoms. The van der Waals surface area contributed by atoms with Crippen LogP contribution in [0.4, 0.5) is 0 Å². The molecule has 0 saturated heterocycles. The summed E-state index contributed by atoms with van der Waals surface area (Å²) in [7, 11) is 0. The largest absolute Gasteiger partial charge is 0.374 e. The van der Waals surface area contributed by atoms with Crippen LogP contribution in [0, 0.1) is 6.92 Å². The molecule has 2 atom stereocenters. The summed E-state index contributed by atoms with van der Waals surface area (Å²) in [6, 6.07) is 17.3. The van der Waals surface area contributed by atoms with E-state index in [1.165, 1.54) is 22.3 Å². The van der Waals surface area contributed by atoms with Crippen molar-refractivity contribution in [3.05, 3.63) is 70.8 Å². The van der Waals surface area contributed by atoms with Gasteiger partial charge in [-0.15, -0.1) is 0 Å². The first-order valence-electron chi connectivity index (χ1n) is 9.97. The highest BCUT2D eigenvalue weighted by Gasteiger charge is 2.11. The van der Waals surface area contributed by atoms with Gasteiger partial charge in [-0.25, -0.2) is 0 Å². The fraction of sp³-hybridized carbons (Fsp3) is 0.500. The standard InChI is InChI=1S/C24H34O2/c1-5-21-12-14-23(15-13-21)18-26-24(6-2)16-9-20(4)25-17-22-10-7-19(3)8-11-22/h7-8,10-15,20,24H,5-6,9,16-18H2,1-4H3. The van der Waals surface area contributed by atoms with Crippen LogP contribution in [0.5, 0.6) is 0 Å². The summed E-state index contributed by atoms with van der Waals surface area (Å²) >= 11 is 0. The van der Waals surface area contributed by atoms with E-state index in [0.717, 1.165) is 25.7 Å². The molecule has 26 heavy (non-hydrogen) atoms. The Labute approximate surface area is 159 Å². The predicted molar refractivity (Wildman–Crippen MR) is 109 cm³/mol. The number of hydrogen-bond acceptors (Lipinski definition) is 2. The Bertz CT molecular complexity index is 616. The number of rotatable bonds is 11. The minimum atomic E-state index is 0.248. The second-order valence-electron chi connectivity index (χ2n) is 7.20. The lowest BCUT2D eigenvalue weighted by Crippen LogP contribution is -2.16. The molecule has 2 aromatic carbocycles. The van der Waals surface area contributed by atoms with Crippen molar-refractivity contribution >= 4 is 0 Å². The van der Waals surface area contributed by atoms with Crippen molar-refractivity contribution in [2.75, 3.05) is 0 Å². The van der Waals surface area contributed by atoms with E-state index >= 15 is 0 Å². The zero-order valence-electron chi connectivity index (χ0n) is 16.8. The van der Waals surface area contributed by atoms with Gasteiger partial charge >= 0.3 is 0 Å². The molecule has 2 rings (SSSR count). The Kier molecular flexibility index (Phi) is 8.87. The maximum atomic E-state index is 6.12. The molecule has 2 nitrogen and oxygen atoms in total. The third-order valence-electron chi connectivity index (χ3n) is 4.92. The summed E-state index contributed by atoms with van der Waals surface area (Å²) < 4.78 is 12.1. The Hall–Kier alpha value is -1.64. The van der Waals surface area contributed by atoms with Gasteiger partial charge in [0.15, 0.2) is 0 Å². The van der Waals surface area contributed by atoms with E-state index < -0.39 is 0 Å². The van der Waals surface area contributed by atoms with Gasteiger partial charge in [0, 0.05) is 0 Å². The van der Waals surface area contributed by atoms with Gasteiger partial charge in [-0.2, -0.15) is 0 Å². The van der Waals surface area contributed by atoms with Crippen molar-refractivity contribution in [2.24, 2.45) is 0 Å². The van der Waals surface area contributed by atoms with Crippen molar-refractivity contribution in [1.29, 1.82) is 0 Å². The average Bonchev–Trinajstić information content (AvgIpc) is 2.68. The third-order valence-corrected chi connectivity index (χ3v) is 4.92. The van der Waals surface area contributed by atoms with Crippen LogP contribution in [0.2, 0.25) is 0 Å². The van der Waals surface area contributed by atoms with Crippen LogP contribution >= 0.6 is 0 Å². The van der Waals surface area contributed by atoms with Crippen molar-refractivity contribution in [3.63, 3.8) is 0 Å². The van der Waals surface area contributed by atoms with Crippen molar-refractivity contribution in [3.8, 4) is 0 Å². The fourth-order valence-corrected chi connectivity index (χ4v) is 2.92. The summed E-state index contributed by atoms with van der Waals surface area (Å²) in [6.07, 6.45) is 4.73. The van der Waals surface area contributed by atoms with Gasteiger partial charge in [0.05, 0.1) is 25.4 Å². The zero-order valence-corrected chi connectivity index (χ0v) is 16.8. The molecule has 0 radical (unpaired) electrons. The van der Waals surface area contributed by atoms with Gasteiger partial charge in [0.25, 0.3) is 0 Å². The lowest BCUT2D eigenvalue weighted by Gasteiger charge is -2.19. The van der Waals surface area contributed by atoms with Crippen LogP contribution in [0.3, 0.4) is 0 Å². The molecular weight excluding hydrogens is 320 g/mol. The molecule has 0 spiro atoms. The molecule has 0 aliphatic carbocycles. The van der Waals surface area contributed by atoms with Crippen molar-refractivity contribution in [1.82, 2.24) is 0 Å². The van der Waals surface area contributed by atoms with Gasteiger partial charge in [-0.1, -0.05) is 67.9 Å². The Balaban J connectivity index is 1.68. The number of ether oxygens (including phenoxy) is 2. The Morgan fingerprint density at radius 2 is 1.27 bits per heavy atom.